The Labute approximate surface area is 127 Å². The van der Waals surface area contributed by atoms with Crippen LogP contribution in [0.5, 0.6) is 0 Å². The summed E-state index contributed by atoms with van der Waals surface area (Å²) in [4.78, 5) is 19.4. The summed E-state index contributed by atoms with van der Waals surface area (Å²) in [5, 5.41) is 8.59. The number of fused-ring (bicyclic) bond motifs is 1. The molecule has 2 aromatic heterocycles. The number of nitrogens with one attached hydrogen (secondary N) is 1. The molecular weight excluding hydrogens is 286 g/mol. The molecule has 0 radical (unpaired) electrons. The molecule has 0 atom stereocenters. The smallest absolute Gasteiger partial charge is 0.275 e. The van der Waals surface area contributed by atoms with Crippen LogP contribution < -0.4 is 10.9 Å². The van der Waals surface area contributed by atoms with Gasteiger partial charge in [0.05, 0.1) is 0 Å². The van der Waals surface area contributed by atoms with Crippen molar-refractivity contribution in [3.63, 3.8) is 0 Å². The number of piperidine rings is 1. The van der Waals surface area contributed by atoms with Gasteiger partial charge in [-0.05, 0) is 32.7 Å². The molecule has 0 aliphatic carbocycles. The van der Waals surface area contributed by atoms with Crippen LogP contribution in [-0.2, 0) is 0 Å². The fourth-order valence-corrected chi connectivity index (χ4v) is 3.70. The fraction of sp³-hybridized carbons (Fsp3) is 0.643. The van der Waals surface area contributed by atoms with E-state index in [1.807, 2.05) is 6.92 Å². The standard InChI is InChI=1S/C14H21N5OS/c1-3-6-18-7-4-11(5-8-18)16-13-17-19-12(20)9-10(2)15-14(19)21-13/h9,11H,3-8H2,1-2H3,(H,16,17). The Balaban J connectivity index is 1.69. The zero-order valence-electron chi connectivity index (χ0n) is 12.5. The average Bonchev–Trinajstić information content (AvgIpc) is 2.84. The first-order chi connectivity index (χ1) is 10.2. The van der Waals surface area contributed by atoms with Crippen LogP contribution in [0.4, 0.5) is 5.13 Å². The molecule has 0 spiro atoms. The monoisotopic (exact) mass is 307 g/mol. The first kappa shape index (κ1) is 14.5. The molecular formula is C14H21N5OS. The number of hydrogen-bond acceptors (Lipinski definition) is 6. The molecule has 1 aliphatic rings. The summed E-state index contributed by atoms with van der Waals surface area (Å²) in [6.45, 7) is 7.50. The molecule has 1 saturated heterocycles. The fourth-order valence-electron chi connectivity index (χ4n) is 2.77. The maximum Gasteiger partial charge on any atom is 0.275 e. The molecule has 1 aliphatic heterocycles. The quantitative estimate of drug-likeness (QED) is 0.932. The minimum Gasteiger partial charge on any atom is -0.357 e. The summed E-state index contributed by atoms with van der Waals surface area (Å²) in [6, 6.07) is 1.95. The summed E-state index contributed by atoms with van der Waals surface area (Å²) in [7, 11) is 0. The van der Waals surface area contributed by atoms with E-state index in [4.69, 9.17) is 0 Å². The molecule has 1 N–H and O–H groups in total. The first-order valence-electron chi connectivity index (χ1n) is 7.52. The molecule has 0 bridgehead atoms. The van der Waals surface area contributed by atoms with Crippen molar-refractivity contribution in [2.24, 2.45) is 0 Å². The van der Waals surface area contributed by atoms with Gasteiger partial charge in [-0.25, -0.2) is 4.98 Å². The molecule has 0 amide bonds. The predicted molar refractivity (Wildman–Crippen MR) is 85.2 cm³/mol. The van der Waals surface area contributed by atoms with E-state index in [9.17, 15) is 4.79 Å². The number of aryl methyl sites for hydroxylation is 1. The van der Waals surface area contributed by atoms with Gasteiger partial charge in [-0.1, -0.05) is 18.3 Å². The lowest BCUT2D eigenvalue weighted by Gasteiger charge is -2.31. The van der Waals surface area contributed by atoms with Crippen LogP contribution in [-0.4, -0.2) is 45.2 Å². The van der Waals surface area contributed by atoms with Gasteiger partial charge in [-0.15, -0.1) is 5.10 Å². The summed E-state index contributed by atoms with van der Waals surface area (Å²) in [5.74, 6) is 0. The molecule has 3 rings (SSSR count). The van der Waals surface area contributed by atoms with Crippen molar-refractivity contribution >= 4 is 21.4 Å². The normalized spacial score (nSPS) is 17.4. The second kappa shape index (κ2) is 6.11. The van der Waals surface area contributed by atoms with E-state index in [1.165, 1.54) is 34.9 Å². The number of anilines is 1. The van der Waals surface area contributed by atoms with Crippen LogP contribution in [0.2, 0.25) is 0 Å². The lowest BCUT2D eigenvalue weighted by molar-refractivity contribution is 0.219. The topological polar surface area (TPSA) is 62.5 Å². The van der Waals surface area contributed by atoms with Gasteiger partial charge >= 0.3 is 0 Å². The van der Waals surface area contributed by atoms with Crippen molar-refractivity contribution in [1.82, 2.24) is 19.5 Å². The summed E-state index contributed by atoms with van der Waals surface area (Å²) in [5.41, 5.74) is 0.627. The minimum absolute atomic E-state index is 0.112. The van der Waals surface area contributed by atoms with Crippen molar-refractivity contribution in [3.8, 4) is 0 Å². The van der Waals surface area contributed by atoms with Gasteiger partial charge in [0, 0.05) is 30.9 Å². The molecule has 2 aromatic rings. The predicted octanol–water partition coefficient (Wildman–Crippen LogP) is 1.75. The Morgan fingerprint density at radius 1 is 1.43 bits per heavy atom. The third-order valence-electron chi connectivity index (χ3n) is 3.83. The molecule has 7 heteroatoms. The second-order valence-corrected chi connectivity index (χ2v) is 6.55. The SMILES string of the molecule is CCCN1CCC(Nc2nn3c(=O)cc(C)nc3s2)CC1. The highest BCUT2D eigenvalue weighted by atomic mass is 32.1. The summed E-state index contributed by atoms with van der Waals surface area (Å²) >= 11 is 1.45. The Bertz CT molecular complexity index is 672. The van der Waals surface area contributed by atoms with Gasteiger partial charge in [0.25, 0.3) is 5.56 Å². The zero-order valence-corrected chi connectivity index (χ0v) is 13.3. The Kier molecular flexibility index (Phi) is 4.21. The van der Waals surface area contributed by atoms with Gasteiger partial charge in [0.1, 0.15) is 0 Å². The second-order valence-electron chi connectivity index (χ2n) is 5.60. The Morgan fingerprint density at radius 2 is 2.19 bits per heavy atom. The van der Waals surface area contributed by atoms with Crippen molar-refractivity contribution in [2.45, 2.75) is 39.2 Å². The van der Waals surface area contributed by atoms with Crippen molar-refractivity contribution in [3.05, 3.63) is 22.1 Å². The van der Waals surface area contributed by atoms with E-state index in [-0.39, 0.29) is 5.56 Å². The van der Waals surface area contributed by atoms with Gasteiger partial charge in [-0.2, -0.15) is 4.52 Å². The largest absolute Gasteiger partial charge is 0.357 e. The average molecular weight is 307 g/mol. The van der Waals surface area contributed by atoms with E-state index in [2.05, 4.69) is 27.2 Å². The molecule has 0 saturated carbocycles. The zero-order chi connectivity index (χ0) is 14.8. The maximum absolute atomic E-state index is 11.9. The van der Waals surface area contributed by atoms with E-state index in [0.29, 0.717) is 11.0 Å². The van der Waals surface area contributed by atoms with Crippen LogP contribution in [0, 0.1) is 6.92 Å². The Morgan fingerprint density at radius 3 is 2.90 bits per heavy atom. The maximum atomic E-state index is 11.9. The van der Waals surface area contributed by atoms with E-state index in [1.54, 1.807) is 0 Å². The first-order valence-corrected chi connectivity index (χ1v) is 8.34. The van der Waals surface area contributed by atoms with Crippen LogP contribution in [0.25, 0.3) is 4.96 Å². The Hall–Kier alpha value is -1.47. The van der Waals surface area contributed by atoms with E-state index < -0.39 is 0 Å². The number of hydrogen-bond donors (Lipinski definition) is 1. The third-order valence-corrected chi connectivity index (χ3v) is 4.67. The van der Waals surface area contributed by atoms with E-state index in [0.717, 1.165) is 36.8 Å². The molecule has 1 fully saturated rings. The van der Waals surface area contributed by atoms with E-state index >= 15 is 0 Å². The minimum atomic E-state index is -0.112. The molecule has 114 valence electrons. The van der Waals surface area contributed by atoms with Crippen LogP contribution in [0.1, 0.15) is 31.9 Å². The lowest BCUT2D eigenvalue weighted by atomic mass is 10.1. The van der Waals surface area contributed by atoms with Gasteiger partial charge in [-0.3, -0.25) is 4.79 Å². The molecule has 0 aromatic carbocycles. The molecule has 6 nitrogen and oxygen atoms in total. The van der Waals surface area contributed by atoms with Crippen LogP contribution >= 0.6 is 11.3 Å². The number of rotatable bonds is 4. The molecule has 21 heavy (non-hydrogen) atoms. The van der Waals surface area contributed by atoms with Crippen LogP contribution in [0.15, 0.2) is 10.9 Å². The lowest BCUT2D eigenvalue weighted by Crippen LogP contribution is -2.39. The van der Waals surface area contributed by atoms with Crippen molar-refractivity contribution in [1.29, 1.82) is 0 Å². The summed E-state index contributed by atoms with van der Waals surface area (Å²) < 4.78 is 1.38. The van der Waals surface area contributed by atoms with Gasteiger partial charge in [0.2, 0.25) is 10.1 Å². The summed E-state index contributed by atoms with van der Waals surface area (Å²) in [6.07, 6.45) is 3.46. The van der Waals surface area contributed by atoms with Crippen molar-refractivity contribution < 1.29 is 0 Å². The van der Waals surface area contributed by atoms with Crippen molar-refractivity contribution in [2.75, 3.05) is 25.0 Å². The third kappa shape index (κ3) is 3.24. The number of aromatic nitrogens is 3. The van der Waals surface area contributed by atoms with Crippen LogP contribution in [0.3, 0.4) is 0 Å². The van der Waals surface area contributed by atoms with Gasteiger partial charge in [0.15, 0.2) is 0 Å². The highest BCUT2D eigenvalue weighted by Gasteiger charge is 2.19. The number of nitrogens with zero attached hydrogens (tertiary/aromatic N) is 4. The molecule has 0 unspecified atom stereocenters. The van der Waals surface area contributed by atoms with Gasteiger partial charge < -0.3 is 10.2 Å². The molecule has 3 heterocycles. The highest BCUT2D eigenvalue weighted by molar-refractivity contribution is 7.20. The number of likely N-dealkylation sites (tertiary alicyclic amines) is 1. The highest BCUT2D eigenvalue weighted by Crippen LogP contribution is 2.21.